The predicted octanol–water partition coefficient (Wildman–Crippen LogP) is 1.14. The minimum atomic E-state index is 0. The SMILES string of the molecule is CC(C)NC1CCN(C(=O)CCCCO)CC1.[V]. The van der Waals surface area contributed by atoms with Crippen LogP contribution in [0.5, 0.6) is 0 Å². The normalized spacial score (nSPS) is 16.8. The Morgan fingerprint density at radius 3 is 2.44 bits per heavy atom. The molecule has 1 rings (SSSR count). The number of nitrogens with zero attached hydrogens (tertiary/aromatic N) is 1. The van der Waals surface area contributed by atoms with E-state index in [4.69, 9.17) is 5.11 Å². The zero-order valence-corrected chi connectivity index (χ0v) is 13.0. The average molecular weight is 293 g/mol. The van der Waals surface area contributed by atoms with Crippen LogP contribution in [-0.4, -0.2) is 47.7 Å². The van der Waals surface area contributed by atoms with Crippen LogP contribution in [0.4, 0.5) is 0 Å². The summed E-state index contributed by atoms with van der Waals surface area (Å²) in [6.07, 6.45) is 4.24. The van der Waals surface area contributed by atoms with Gasteiger partial charge in [-0.3, -0.25) is 4.79 Å². The Hall–Kier alpha value is -0.0256. The van der Waals surface area contributed by atoms with Gasteiger partial charge in [0.05, 0.1) is 0 Å². The van der Waals surface area contributed by atoms with Crippen LogP contribution < -0.4 is 5.32 Å². The average Bonchev–Trinajstić information content (AvgIpc) is 2.29. The fourth-order valence-corrected chi connectivity index (χ4v) is 2.31. The molecule has 2 N–H and O–H groups in total. The van der Waals surface area contributed by atoms with Crippen LogP contribution in [0.1, 0.15) is 46.0 Å². The summed E-state index contributed by atoms with van der Waals surface area (Å²) in [6, 6.07) is 1.09. The van der Waals surface area contributed by atoms with Gasteiger partial charge in [-0.25, -0.2) is 0 Å². The second kappa shape index (κ2) is 9.85. The Morgan fingerprint density at radius 1 is 1.33 bits per heavy atom. The third kappa shape index (κ3) is 6.79. The number of unbranched alkanes of at least 4 members (excludes halogenated alkanes) is 1. The van der Waals surface area contributed by atoms with Crippen molar-refractivity contribution >= 4 is 5.91 Å². The molecule has 0 aromatic rings. The van der Waals surface area contributed by atoms with Gasteiger partial charge in [0.25, 0.3) is 0 Å². The van der Waals surface area contributed by atoms with E-state index in [1.54, 1.807) is 0 Å². The number of likely N-dealkylation sites (tertiary alicyclic amines) is 1. The summed E-state index contributed by atoms with van der Waals surface area (Å²) in [5, 5.41) is 12.2. The van der Waals surface area contributed by atoms with Crippen molar-refractivity contribution in [2.75, 3.05) is 19.7 Å². The maximum Gasteiger partial charge on any atom is 0.222 e. The largest absolute Gasteiger partial charge is 0.396 e. The van der Waals surface area contributed by atoms with Gasteiger partial charge in [0.15, 0.2) is 0 Å². The summed E-state index contributed by atoms with van der Waals surface area (Å²) in [7, 11) is 0. The van der Waals surface area contributed by atoms with Gasteiger partial charge < -0.3 is 15.3 Å². The molecule has 1 heterocycles. The summed E-state index contributed by atoms with van der Waals surface area (Å²) >= 11 is 0. The Morgan fingerprint density at radius 2 is 1.94 bits per heavy atom. The zero-order chi connectivity index (χ0) is 12.7. The van der Waals surface area contributed by atoms with E-state index in [0.29, 0.717) is 18.5 Å². The van der Waals surface area contributed by atoms with Crippen molar-refractivity contribution in [3.05, 3.63) is 0 Å². The second-order valence-electron chi connectivity index (χ2n) is 5.16. The van der Waals surface area contributed by atoms with E-state index in [1.807, 2.05) is 4.90 Å². The molecule has 0 atom stereocenters. The third-order valence-electron chi connectivity index (χ3n) is 3.22. The van der Waals surface area contributed by atoms with Gasteiger partial charge in [-0.15, -0.1) is 0 Å². The number of piperidine rings is 1. The Kier molecular flexibility index (Phi) is 9.83. The zero-order valence-electron chi connectivity index (χ0n) is 11.6. The number of hydrogen-bond acceptors (Lipinski definition) is 3. The van der Waals surface area contributed by atoms with Gasteiger partial charge in [-0.2, -0.15) is 0 Å². The summed E-state index contributed by atoms with van der Waals surface area (Å²) < 4.78 is 0. The van der Waals surface area contributed by atoms with E-state index in [0.717, 1.165) is 38.8 Å². The van der Waals surface area contributed by atoms with Gasteiger partial charge in [0.1, 0.15) is 0 Å². The molecule has 1 aliphatic rings. The first-order chi connectivity index (χ1) is 8.13. The van der Waals surface area contributed by atoms with Crippen LogP contribution in [0.15, 0.2) is 0 Å². The Bertz CT molecular complexity index is 229. The quantitative estimate of drug-likeness (QED) is 0.722. The monoisotopic (exact) mass is 293 g/mol. The number of carbonyl (C=O) groups is 1. The van der Waals surface area contributed by atoms with Gasteiger partial charge in [-0.05, 0) is 25.7 Å². The van der Waals surface area contributed by atoms with E-state index in [-0.39, 0.29) is 31.1 Å². The van der Waals surface area contributed by atoms with Crippen LogP contribution in [0, 0.1) is 0 Å². The Balaban J connectivity index is 0.00000289. The molecule has 0 aliphatic carbocycles. The van der Waals surface area contributed by atoms with Gasteiger partial charge in [0, 0.05) is 56.8 Å². The summed E-state index contributed by atoms with van der Waals surface area (Å²) in [6.45, 7) is 6.26. The van der Waals surface area contributed by atoms with Crippen molar-refractivity contribution in [2.45, 2.75) is 58.0 Å². The van der Waals surface area contributed by atoms with Gasteiger partial charge >= 0.3 is 0 Å². The molecular formula is C13H26N2O2V. The van der Waals surface area contributed by atoms with Crippen molar-refractivity contribution in [3.63, 3.8) is 0 Å². The molecule has 0 bridgehead atoms. The van der Waals surface area contributed by atoms with Crippen LogP contribution in [0.2, 0.25) is 0 Å². The first-order valence-corrected chi connectivity index (χ1v) is 6.78. The van der Waals surface area contributed by atoms with Gasteiger partial charge in [0.2, 0.25) is 5.91 Å². The fraction of sp³-hybridized carbons (Fsp3) is 0.923. The number of nitrogens with one attached hydrogen (secondary N) is 1. The molecule has 5 heteroatoms. The van der Waals surface area contributed by atoms with Crippen LogP contribution in [-0.2, 0) is 23.4 Å². The summed E-state index contributed by atoms with van der Waals surface area (Å²) in [5.74, 6) is 0.251. The van der Waals surface area contributed by atoms with E-state index in [1.165, 1.54) is 0 Å². The molecule has 1 amide bonds. The number of rotatable bonds is 6. The minimum absolute atomic E-state index is 0. The first-order valence-electron chi connectivity index (χ1n) is 6.78. The van der Waals surface area contributed by atoms with Crippen molar-refractivity contribution in [1.29, 1.82) is 0 Å². The summed E-state index contributed by atoms with van der Waals surface area (Å²) in [5.41, 5.74) is 0. The fourth-order valence-electron chi connectivity index (χ4n) is 2.31. The standard InChI is InChI=1S/C13H26N2O2.V/c1-11(2)14-12-6-8-15(9-7-12)13(17)5-3-4-10-16;/h11-12,14,16H,3-10H2,1-2H3;. The van der Waals surface area contributed by atoms with E-state index < -0.39 is 0 Å². The van der Waals surface area contributed by atoms with Crippen LogP contribution >= 0.6 is 0 Å². The number of aliphatic hydroxyl groups excluding tert-OH is 1. The number of amides is 1. The van der Waals surface area contributed by atoms with Crippen molar-refractivity contribution < 1.29 is 28.5 Å². The molecule has 18 heavy (non-hydrogen) atoms. The molecule has 105 valence electrons. The maximum atomic E-state index is 11.8. The number of aliphatic hydroxyl groups is 1. The van der Waals surface area contributed by atoms with Crippen LogP contribution in [0.3, 0.4) is 0 Å². The molecule has 4 nitrogen and oxygen atoms in total. The van der Waals surface area contributed by atoms with E-state index >= 15 is 0 Å². The number of carbonyl (C=O) groups excluding carboxylic acids is 1. The van der Waals surface area contributed by atoms with E-state index in [2.05, 4.69) is 19.2 Å². The molecule has 0 aromatic carbocycles. The topological polar surface area (TPSA) is 52.6 Å². The molecule has 1 fully saturated rings. The Labute approximate surface area is 122 Å². The smallest absolute Gasteiger partial charge is 0.222 e. The number of hydrogen-bond donors (Lipinski definition) is 2. The molecule has 0 unspecified atom stereocenters. The maximum absolute atomic E-state index is 11.8. The van der Waals surface area contributed by atoms with E-state index in [9.17, 15) is 4.79 Å². The molecule has 0 saturated carbocycles. The minimum Gasteiger partial charge on any atom is -0.396 e. The molecular weight excluding hydrogens is 267 g/mol. The third-order valence-corrected chi connectivity index (χ3v) is 3.22. The van der Waals surface area contributed by atoms with Crippen LogP contribution in [0.25, 0.3) is 0 Å². The van der Waals surface area contributed by atoms with Gasteiger partial charge in [-0.1, -0.05) is 13.8 Å². The van der Waals surface area contributed by atoms with Crippen molar-refractivity contribution in [2.24, 2.45) is 0 Å². The molecule has 0 aromatic heterocycles. The second-order valence-corrected chi connectivity index (χ2v) is 5.16. The summed E-state index contributed by atoms with van der Waals surface area (Å²) in [4.78, 5) is 13.8. The molecule has 1 saturated heterocycles. The van der Waals surface area contributed by atoms with Crippen molar-refractivity contribution in [1.82, 2.24) is 10.2 Å². The molecule has 1 aliphatic heterocycles. The first kappa shape index (κ1) is 18.0. The molecule has 1 radical (unpaired) electrons. The van der Waals surface area contributed by atoms with Crippen molar-refractivity contribution in [3.8, 4) is 0 Å². The molecule has 0 spiro atoms. The predicted molar refractivity (Wildman–Crippen MR) is 68.8 cm³/mol.